The molecule has 126 valence electrons. The van der Waals surface area contributed by atoms with Crippen LogP contribution >= 0.6 is 0 Å². The van der Waals surface area contributed by atoms with Crippen molar-refractivity contribution in [3.05, 3.63) is 23.3 Å². The number of methoxy groups -OCH3 is 2. The summed E-state index contributed by atoms with van der Waals surface area (Å²) in [6, 6.07) is 3.37. The molecule has 0 unspecified atom stereocenters. The van der Waals surface area contributed by atoms with Gasteiger partial charge in [0.2, 0.25) is 0 Å². The number of nitrogens with zero attached hydrogens (tertiary/aromatic N) is 1. The van der Waals surface area contributed by atoms with Gasteiger partial charge in [-0.05, 0) is 24.6 Å². The maximum atomic E-state index is 12.4. The summed E-state index contributed by atoms with van der Waals surface area (Å²) in [4.78, 5) is 24.4. The number of rotatable bonds is 5. The first kappa shape index (κ1) is 17.3. The van der Waals surface area contributed by atoms with Crippen LogP contribution in [0.3, 0.4) is 0 Å². The maximum Gasteiger partial charge on any atom is 0.340 e. The van der Waals surface area contributed by atoms with Crippen molar-refractivity contribution in [1.82, 2.24) is 0 Å². The van der Waals surface area contributed by atoms with Gasteiger partial charge in [-0.2, -0.15) is 0 Å². The summed E-state index contributed by atoms with van der Waals surface area (Å²) in [6.07, 6.45) is 2.30. The van der Waals surface area contributed by atoms with Crippen molar-refractivity contribution in [1.29, 1.82) is 0 Å². The van der Waals surface area contributed by atoms with Crippen LogP contribution in [0, 0.1) is 6.92 Å². The van der Waals surface area contributed by atoms with Crippen LogP contribution in [0.5, 0.6) is 5.75 Å². The number of quaternary nitrogens is 1. The van der Waals surface area contributed by atoms with E-state index in [0.29, 0.717) is 23.5 Å². The number of hydrogen-bond donors (Lipinski definition) is 1. The van der Waals surface area contributed by atoms with E-state index in [1.807, 2.05) is 6.92 Å². The number of likely N-dealkylation sites (N-methyl/N-ethyl adjacent to an activating group) is 1. The van der Waals surface area contributed by atoms with Crippen LogP contribution in [0.15, 0.2) is 12.1 Å². The van der Waals surface area contributed by atoms with Crippen molar-refractivity contribution in [2.75, 3.05) is 46.2 Å². The molecule has 1 aromatic rings. The van der Waals surface area contributed by atoms with Gasteiger partial charge in [-0.1, -0.05) is 0 Å². The van der Waals surface area contributed by atoms with E-state index < -0.39 is 5.97 Å². The number of hydrogen-bond acceptors (Lipinski definition) is 4. The Kier molecular flexibility index (Phi) is 5.26. The standard InChI is InChI=1S/C17H24N2O4/c1-12-9-13(22-3)10-14(17(21)23-4)16(12)18-15(20)11-19(2)7-5-6-8-19/h9-10H,5-8,11H2,1-4H3/p+1. The minimum Gasteiger partial charge on any atom is -0.497 e. The summed E-state index contributed by atoms with van der Waals surface area (Å²) in [6.45, 7) is 4.26. The van der Waals surface area contributed by atoms with Gasteiger partial charge in [-0.15, -0.1) is 0 Å². The molecule has 1 saturated heterocycles. The summed E-state index contributed by atoms with van der Waals surface area (Å²) in [7, 11) is 4.94. The highest BCUT2D eigenvalue weighted by Gasteiger charge is 2.30. The van der Waals surface area contributed by atoms with Crippen LogP contribution in [0.2, 0.25) is 0 Å². The normalized spacial score (nSPS) is 16.0. The quantitative estimate of drug-likeness (QED) is 0.665. The Labute approximate surface area is 137 Å². The third kappa shape index (κ3) is 4.01. The smallest absolute Gasteiger partial charge is 0.340 e. The van der Waals surface area contributed by atoms with Crippen molar-refractivity contribution in [3.8, 4) is 5.75 Å². The van der Waals surface area contributed by atoms with Gasteiger partial charge in [0.15, 0.2) is 6.54 Å². The number of carbonyl (C=O) groups excluding carboxylic acids is 2. The van der Waals surface area contributed by atoms with Crippen molar-refractivity contribution in [3.63, 3.8) is 0 Å². The molecular weight excluding hydrogens is 296 g/mol. The first-order chi connectivity index (χ1) is 10.9. The number of carbonyl (C=O) groups is 2. The van der Waals surface area contributed by atoms with E-state index in [0.717, 1.165) is 36.0 Å². The zero-order valence-corrected chi connectivity index (χ0v) is 14.3. The average molecular weight is 321 g/mol. The SMILES string of the molecule is COC(=O)c1cc(OC)cc(C)c1NC(=O)C[N+]1(C)CCCC1. The molecule has 0 radical (unpaired) electrons. The minimum absolute atomic E-state index is 0.0900. The molecule has 0 aromatic heterocycles. The summed E-state index contributed by atoms with van der Waals surface area (Å²) in [5.41, 5.74) is 1.57. The predicted octanol–water partition coefficient (Wildman–Crippen LogP) is 1.97. The predicted molar refractivity (Wildman–Crippen MR) is 87.7 cm³/mol. The zero-order chi connectivity index (χ0) is 17.0. The lowest BCUT2D eigenvalue weighted by Crippen LogP contribution is -2.46. The molecule has 1 aliphatic rings. The zero-order valence-electron chi connectivity index (χ0n) is 14.3. The van der Waals surface area contributed by atoms with Crippen molar-refractivity contribution >= 4 is 17.6 Å². The van der Waals surface area contributed by atoms with E-state index in [2.05, 4.69) is 12.4 Å². The lowest BCUT2D eigenvalue weighted by atomic mass is 10.1. The van der Waals surface area contributed by atoms with Crippen LogP contribution in [-0.2, 0) is 9.53 Å². The Morgan fingerprint density at radius 2 is 1.87 bits per heavy atom. The van der Waals surface area contributed by atoms with Crippen LogP contribution in [0.1, 0.15) is 28.8 Å². The second kappa shape index (κ2) is 7.00. The third-order valence-corrected chi connectivity index (χ3v) is 4.39. The molecule has 1 N–H and O–H groups in total. The first-order valence-electron chi connectivity index (χ1n) is 7.79. The van der Waals surface area contributed by atoms with E-state index in [-0.39, 0.29) is 5.91 Å². The maximum absolute atomic E-state index is 12.4. The number of aryl methyl sites for hydroxylation is 1. The molecule has 1 aromatic carbocycles. The molecule has 1 aliphatic heterocycles. The number of likely N-dealkylation sites (tertiary alicyclic amines) is 1. The summed E-state index contributed by atoms with van der Waals surface area (Å²) >= 11 is 0. The highest BCUT2D eigenvalue weighted by Crippen LogP contribution is 2.28. The van der Waals surface area contributed by atoms with Crippen molar-refractivity contribution in [2.45, 2.75) is 19.8 Å². The molecule has 6 heteroatoms. The Balaban J connectivity index is 2.24. The Morgan fingerprint density at radius 3 is 2.43 bits per heavy atom. The Bertz CT molecular complexity index is 607. The van der Waals surface area contributed by atoms with Gasteiger partial charge < -0.3 is 19.3 Å². The number of esters is 1. The number of benzene rings is 1. The highest BCUT2D eigenvalue weighted by atomic mass is 16.5. The first-order valence-corrected chi connectivity index (χ1v) is 7.79. The molecule has 2 rings (SSSR count). The van der Waals surface area contributed by atoms with Crippen molar-refractivity contribution in [2.24, 2.45) is 0 Å². The molecule has 0 bridgehead atoms. The Hall–Kier alpha value is -2.08. The second-order valence-corrected chi connectivity index (χ2v) is 6.34. The van der Waals surface area contributed by atoms with Gasteiger partial charge in [0, 0.05) is 12.8 Å². The molecule has 0 spiro atoms. The monoisotopic (exact) mass is 321 g/mol. The molecule has 1 heterocycles. The lowest BCUT2D eigenvalue weighted by Gasteiger charge is -2.28. The molecule has 6 nitrogen and oxygen atoms in total. The molecule has 0 aliphatic carbocycles. The van der Waals surface area contributed by atoms with Gasteiger partial charge in [-0.25, -0.2) is 4.79 Å². The largest absolute Gasteiger partial charge is 0.497 e. The topological polar surface area (TPSA) is 64.6 Å². The van der Waals surface area contributed by atoms with Gasteiger partial charge in [-0.3, -0.25) is 4.79 Å². The molecule has 23 heavy (non-hydrogen) atoms. The van der Waals surface area contributed by atoms with Crippen molar-refractivity contribution < 1.29 is 23.5 Å². The fraction of sp³-hybridized carbons (Fsp3) is 0.529. The highest BCUT2D eigenvalue weighted by molar-refractivity contribution is 6.02. The van der Waals surface area contributed by atoms with Crippen LogP contribution in [-0.4, -0.2) is 57.3 Å². The molecule has 0 atom stereocenters. The number of amides is 1. The van der Waals surface area contributed by atoms with Gasteiger partial charge in [0.05, 0.1) is 45.6 Å². The van der Waals surface area contributed by atoms with Crippen LogP contribution in [0.4, 0.5) is 5.69 Å². The molecule has 0 saturated carbocycles. The molecule has 1 fully saturated rings. The molecule has 1 amide bonds. The van der Waals surface area contributed by atoms with Gasteiger partial charge in [0.25, 0.3) is 5.91 Å². The average Bonchev–Trinajstić information content (AvgIpc) is 2.94. The van der Waals surface area contributed by atoms with E-state index >= 15 is 0 Å². The van der Waals surface area contributed by atoms with E-state index in [9.17, 15) is 9.59 Å². The number of anilines is 1. The van der Waals surface area contributed by atoms with Gasteiger partial charge in [0.1, 0.15) is 5.75 Å². The van der Waals surface area contributed by atoms with E-state index in [1.165, 1.54) is 14.2 Å². The third-order valence-electron chi connectivity index (χ3n) is 4.39. The summed E-state index contributed by atoms with van der Waals surface area (Å²) in [5, 5.41) is 2.89. The number of ether oxygens (including phenoxy) is 2. The summed E-state index contributed by atoms with van der Waals surface area (Å²) in [5.74, 6) is -0.0314. The minimum atomic E-state index is -0.496. The summed E-state index contributed by atoms with van der Waals surface area (Å²) < 4.78 is 10.8. The fourth-order valence-electron chi connectivity index (χ4n) is 3.09. The molecular formula is C17H25N2O4+. The van der Waals surface area contributed by atoms with E-state index in [1.54, 1.807) is 12.1 Å². The van der Waals surface area contributed by atoms with Crippen LogP contribution < -0.4 is 10.1 Å². The van der Waals surface area contributed by atoms with E-state index in [4.69, 9.17) is 9.47 Å². The van der Waals surface area contributed by atoms with Gasteiger partial charge >= 0.3 is 5.97 Å². The van der Waals surface area contributed by atoms with Crippen LogP contribution in [0.25, 0.3) is 0 Å². The number of nitrogens with one attached hydrogen (secondary N) is 1. The lowest BCUT2D eigenvalue weighted by molar-refractivity contribution is -0.889. The Morgan fingerprint density at radius 1 is 1.22 bits per heavy atom. The fourth-order valence-corrected chi connectivity index (χ4v) is 3.09. The second-order valence-electron chi connectivity index (χ2n) is 6.34.